The van der Waals surface area contributed by atoms with Crippen molar-refractivity contribution in [3.8, 4) is 0 Å². The molecule has 0 saturated carbocycles. The van der Waals surface area contributed by atoms with Gasteiger partial charge in [-0.2, -0.15) is 0 Å². The molecule has 0 unspecified atom stereocenters. The van der Waals surface area contributed by atoms with Crippen molar-refractivity contribution in [3.05, 3.63) is 47.2 Å². The molecule has 0 bridgehead atoms. The predicted octanol–water partition coefficient (Wildman–Crippen LogP) is 4.09. The number of nitrogen functional groups attached to an aromatic ring is 1. The van der Waals surface area contributed by atoms with Crippen LogP contribution in [0.5, 0.6) is 0 Å². The summed E-state index contributed by atoms with van der Waals surface area (Å²) in [5.41, 5.74) is 6.57. The van der Waals surface area contributed by atoms with Crippen LogP contribution in [0.1, 0.15) is 0 Å². The van der Waals surface area contributed by atoms with Gasteiger partial charge >= 0.3 is 0 Å². The lowest BCUT2D eigenvalue weighted by atomic mass is 10.2. The van der Waals surface area contributed by atoms with Crippen molar-refractivity contribution < 1.29 is 13.2 Å². The number of pyridine rings is 1. The molecule has 1 aromatic carbocycles. The minimum absolute atomic E-state index is 0.00242. The normalized spacial score (nSPS) is 10.9. The SMILES string of the molecule is Nc1oc2cnccc2c1Nc1ccc(F)c(Cl)c1F. The van der Waals surface area contributed by atoms with Gasteiger partial charge in [-0.25, -0.2) is 8.78 Å². The van der Waals surface area contributed by atoms with E-state index < -0.39 is 16.7 Å². The monoisotopic (exact) mass is 295 g/mol. The fourth-order valence-corrected chi connectivity index (χ4v) is 2.02. The molecule has 3 rings (SSSR count). The van der Waals surface area contributed by atoms with Gasteiger partial charge in [0.1, 0.15) is 16.5 Å². The van der Waals surface area contributed by atoms with E-state index in [9.17, 15) is 8.78 Å². The highest BCUT2D eigenvalue weighted by atomic mass is 35.5. The Morgan fingerprint density at radius 1 is 1.25 bits per heavy atom. The van der Waals surface area contributed by atoms with Gasteiger partial charge in [-0.3, -0.25) is 4.98 Å². The van der Waals surface area contributed by atoms with Gasteiger partial charge in [-0.15, -0.1) is 0 Å². The molecule has 0 radical (unpaired) electrons. The third kappa shape index (κ3) is 1.94. The van der Waals surface area contributed by atoms with Crippen LogP contribution in [-0.4, -0.2) is 4.98 Å². The third-order valence-electron chi connectivity index (χ3n) is 2.82. The van der Waals surface area contributed by atoms with Crippen molar-refractivity contribution in [2.75, 3.05) is 11.1 Å². The summed E-state index contributed by atoms with van der Waals surface area (Å²) in [6.07, 6.45) is 3.04. The average molecular weight is 296 g/mol. The lowest BCUT2D eigenvalue weighted by molar-refractivity contribution is 0.587. The van der Waals surface area contributed by atoms with Crippen LogP contribution in [0.3, 0.4) is 0 Å². The first-order valence-corrected chi connectivity index (χ1v) is 5.98. The first-order chi connectivity index (χ1) is 9.58. The molecule has 3 N–H and O–H groups in total. The lowest BCUT2D eigenvalue weighted by Crippen LogP contribution is -1.97. The smallest absolute Gasteiger partial charge is 0.215 e. The topological polar surface area (TPSA) is 64.1 Å². The molecule has 0 atom stereocenters. The van der Waals surface area contributed by atoms with E-state index in [4.69, 9.17) is 21.8 Å². The fraction of sp³-hybridized carbons (Fsp3) is 0. The molecule has 3 aromatic rings. The summed E-state index contributed by atoms with van der Waals surface area (Å²) in [4.78, 5) is 3.90. The van der Waals surface area contributed by atoms with E-state index in [1.54, 1.807) is 12.3 Å². The summed E-state index contributed by atoms with van der Waals surface area (Å²) in [6, 6.07) is 3.96. The Bertz CT molecular complexity index is 804. The standard InChI is InChI=1S/C13H8ClF2N3O/c14-10-7(15)1-2-8(11(10)16)19-12-6-3-4-18-5-9(6)20-13(12)17/h1-5,19H,17H2. The van der Waals surface area contributed by atoms with E-state index in [1.807, 2.05) is 0 Å². The number of hydrogen-bond acceptors (Lipinski definition) is 4. The number of nitrogens with one attached hydrogen (secondary N) is 1. The maximum Gasteiger partial charge on any atom is 0.215 e. The van der Waals surface area contributed by atoms with Crippen LogP contribution in [0.4, 0.5) is 26.0 Å². The van der Waals surface area contributed by atoms with E-state index >= 15 is 0 Å². The number of nitrogens with zero attached hydrogens (tertiary/aromatic N) is 1. The zero-order valence-electron chi connectivity index (χ0n) is 9.95. The second-order valence-electron chi connectivity index (χ2n) is 4.06. The molecular formula is C13H8ClF2N3O. The van der Waals surface area contributed by atoms with Crippen LogP contribution in [0, 0.1) is 11.6 Å². The Kier molecular flexibility index (Phi) is 2.94. The molecule has 0 spiro atoms. The quantitative estimate of drug-likeness (QED) is 0.699. The van der Waals surface area contributed by atoms with E-state index in [-0.39, 0.29) is 11.6 Å². The third-order valence-corrected chi connectivity index (χ3v) is 3.16. The van der Waals surface area contributed by atoms with Crippen molar-refractivity contribution in [1.29, 1.82) is 0 Å². The van der Waals surface area contributed by atoms with Crippen LogP contribution >= 0.6 is 11.6 Å². The lowest BCUT2D eigenvalue weighted by Gasteiger charge is -2.08. The minimum Gasteiger partial charge on any atom is -0.437 e. The zero-order valence-corrected chi connectivity index (χ0v) is 10.7. The van der Waals surface area contributed by atoms with Gasteiger partial charge in [0, 0.05) is 11.6 Å². The molecule has 4 nitrogen and oxygen atoms in total. The van der Waals surface area contributed by atoms with Gasteiger partial charge < -0.3 is 15.5 Å². The highest BCUT2D eigenvalue weighted by molar-refractivity contribution is 6.31. The van der Waals surface area contributed by atoms with Crippen molar-refractivity contribution in [3.63, 3.8) is 0 Å². The van der Waals surface area contributed by atoms with Gasteiger partial charge in [-0.05, 0) is 18.2 Å². The van der Waals surface area contributed by atoms with Crippen molar-refractivity contribution in [2.24, 2.45) is 0 Å². The number of hydrogen-bond donors (Lipinski definition) is 2. The van der Waals surface area contributed by atoms with Crippen molar-refractivity contribution in [1.82, 2.24) is 4.98 Å². The van der Waals surface area contributed by atoms with Crippen molar-refractivity contribution >= 4 is 39.8 Å². The van der Waals surface area contributed by atoms with E-state index in [2.05, 4.69) is 10.3 Å². The molecule has 0 amide bonds. The fourth-order valence-electron chi connectivity index (χ4n) is 1.86. The highest BCUT2D eigenvalue weighted by Gasteiger charge is 2.16. The number of furan rings is 1. The number of nitrogens with two attached hydrogens (primary N) is 1. The van der Waals surface area contributed by atoms with Crippen LogP contribution < -0.4 is 11.1 Å². The number of aromatic nitrogens is 1. The first kappa shape index (κ1) is 12.7. The maximum atomic E-state index is 13.9. The molecule has 0 saturated heterocycles. The van der Waals surface area contributed by atoms with Crippen molar-refractivity contribution in [2.45, 2.75) is 0 Å². The Balaban J connectivity index is 2.10. The number of anilines is 3. The Hall–Kier alpha value is -2.34. The van der Waals surface area contributed by atoms with Gasteiger partial charge in [0.2, 0.25) is 5.88 Å². The summed E-state index contributed by atoms with van der Waals surface area (Å²) >= 11 is 5.53. The molecule has 0 aliphatic heterocycles. The molecule has 20 heavy (non-hydrogen) atoms. The number of fused-ring (bicyclic) bond motifs is 1. The number of halogens is 3. The predicted molar refractivity (Wildman–Crippen MR) is 73.1 cm³/mol. The summed E-state index contributed by atoms with van der Waals surface area (Å²) in [5, 5.41) is 2.81. The van der Waals surface area contributed by atoms with Crippen LogP contribution in [0.15, 0.2) is 35.0 Å². The van der Waals surface area contributed by atoms with Crippen LogP contribution in [-0.2, 0) is 0 Å². The molecule has 2 heterocycles. The summed E-state index contributed by atoms with van der Waals surface area (Å²) in [6.45, 7) is 0. The maximum absolute atomic E-state index is 13.9. The van der Waals surface area contributed by atoms with Gasteiger partial charge in [-0.1, -0.05) is 11.6 Å². The van der Waals surface area contributed by atoms with Crippen LogP contribution in [0.2, 0.25) is 5.02 Å². The van der Waals surface area contributed by atoms with Gasteiger partial charge in [0.05, 0.1) is 11.9 Å². The highest BCUT2D eigenvalue weighted by Crippen LogP contribution is 2.36. The van der Waals surface area contributed by atoms with E-state index in [0.29, 0.717) is 16.7 Å². The molecule has 0 fully saturated rings. The molecule has 102 valence electrons. The second-order valence-corrected chi connectivity index (χ2v) is 4.44. The van der Waals surface area contributed by atoms with Gasteiger partial charge in [0.25, 0.3) is 0 Å². The number of rotatable bonds is 2. The van der Waals surface area contributed by atoms with E-state index in [1.165, 1.54) is 12.3 Å². The second kappa shape index (κ2) is 4.64. The minimum atomic E-state index is -0.894. The first-order valence-electron chi connectivity index (χ1n) is 5.60. The molecule has 0 aliphatic rings. The van der Waals surface area contributed by atoms with E-state index in [0.717, 1.165) is 6.07 Å². The summed E-state index contributed by atoms with van der Waals surface area (Å²) in [7, 11) is 0. The zero-order chi connectivity index (χ0) is 14.3. The van der Waals surface area contributed by atoms with Gasteiger partial charge in [0.15, 0.2) is 11.4 Å². The average Bonchev–Trinajstić information content (AvgIpc) is 2.76. The molecule has 0 aliphatic carbocycles. The Morgan fingerprint density at radius 3 is 2.85 bits per heavy atom. The number of benzene rings is 1. The molecule has 2 aromatic heterocycles. The molecule has 7 heteroatoms. The van der Waals surface area contributed by atoms with Crippen LogP contribution in [0.25, 0.3) is 11.0 Å². The summed E-state index contributed by atoms with van der Waals surface area (Å²) in [5.74, 6) is -1.65. The largest absolute Gasteiger partial charge is 0.437 e. The summed E-state index contributed by atoms with van der Waals surface area (Å²) < 4.78 is 32.3. The Labute approximate surface area is 117 Å². The Morgan fingerprint density at radius 2 is 2.05 bits per heavy atom. The molecular weight excluding hydrogens is 288 g/mol.